The second-order valence-corrected chi connectivity index (χ2v) is 8.70. The first-order chi connectivity index (χ1) is 16.5. The topological polar surface area (TPSA) is 108 Å². The number of aryl methyl sites for hydroxylation is 1. The molecule has 0 aliphatic rings. The van der Waals surface area contributed by atoms with Crippen LogP contribution in [0.5, 0.6) is 11.5 Å². The van der Waals surface area contributed by atoms with Crippen molar-refractivity contribution in [1.29, 1.82) is 0 Å². The maximum atomic E-state index is 13.4. The average molecular weight is 507 g/mol. The van der Waals surface area contributed by atoms with Crippen molar-refractivity contribution >= 4 is 28.0 Å². The highest BCUT2D eigenvalue weighted by atomic mass is 32.1. The Labute approximate surface area is 201 Å². The van der Waals surface area contributed by atoms with E-state index in [0.29, 0.717) is 38.4 Å². The molecule has 35 heavy (non-hydrogen) atoms. The van der Waals surface area contributed by atoms with Crippen molar-refractivity contribution in [1.82, 2.24) is 24.5 Å². The number of hydrogen-bond acceptors (Lipinski definition) is 8. The highest BCUT2D eigenvalue weighted by molar-refractivity contribution is 7.19. The average Bonchev–Trinajstić information content (AvgIpc) is 3.33. The summed E-state index contributed by atoms with van der Waals surface area (Å²) >= 11 is 1.26. The molecular weight excluding hydrogens is 485 g/mol. The molecule has 0 saturated heterocycles. The second-order valence-electron chi connectivity index (χ2n) is 7.74. The molecule has 4 aromatic rings. The molecule has 0 aliphatic carbocycles. The van der Waals surface area contributed by atoms with Crippen LogP contribution in [0, 0.1) is 6.92 Å². The normalized spacial score (nSPS) is 11.6. The largest absolute Gasteiger partial charge is 0.493 e. The number of nitrogens with two attached hydrogens (primary N) is 1. The highest BCUT2D eigenvalue weighted by Gasteiger charge is 2.34. The summed E-state index contributed by atoms with van der Waals surface area (Å²) in [6, 6.07) is 6.05. The summed E-state index contributed by atoms with van der Waals surface area (Å²) in [7, 11) is 4.73. The van der Waals surface area contributed by atoms with E-state index in [2.05, 4.69) is 15.1 Å². The van der Waals surface area contributed by atoms with Gasteiger partial charge in [0.15, 0.2) is 18.1 Å². The molecule has 0 fully saturated rings. The number of aromatic nitrogens is 4. The lowest BCUT2D eigenvalue weighted by molar-refractivity contribution is -0.137. The molecule has 13 heteroatoms. The van der Waals surface area contributed by atoms with Crippen LogP contribution in [-0.2, 0) is 11.0 Å². The molecular formula is C22H21F3N6O3S. The number of nitrogens with zero attached hydrogens (tertiary/aromatic N) is 5. The third kappa shape index (κ3) is 4.71. The number of imidazole rings is 1. The van der Waals surface area contributed by atoms with Gasteiger partial charge >= 0.3 is 6.18 Å². The number of carbonyl (C=O) groups excluding carboxylic acids is 1. The number of anilines is 1. The van der Waals surface area contributed by atoms with E-state index in [1.165, 1.54) is 34.1 Å². The number of alkyl halides is 3. The summed E-state index contributed by atoms with van der Waals surface area (Å²) in [5.74, 6) is -0.0147. The van der Waals surface area contributed by atoms with Gasteiger partial charge in [-0.15, -0.1) is 0 Å². The Morgan fingerprint density at radius 1 is 1.20 bits per heavy atom. The van der Waals surface area contributed by atoms with Crippen LogP contribution in [0.4, 0.5) is 19.0 Å². The number of pyridine rings is 1. The van der Waals surface area contributed by atoms with Crippen LogP contribution in [0.1, 0.15) is 11.3 Å². The predicted octanol–water partition coefficient (Wildman–Crippen LogP) is 3.90. The summed E-state index contributed by atoms with van der Waals surface area (Å²) in [5, 5.41) is 5.13. The first-order valence-corrected chi connectivity index (χ1v) is 11.0. The van der Waals surface area contributed by atoms with E-state index < -0.39 is 17.6 Å². The van der Waals surface area contributed by atoms with Crippen LogP contribution >= 0.6 is 11.3 Å². The molecule has 2 N–H and O–H groups in total. The van der Waals surface area contributed by atoms with Crippen molar-refractivity contribution in [2.45, 2.75) is 13.1 Å². The van der Waals surface area contributed by atoms with Crippen LogP contribution in [-0.4, -0.2) is 58.2 Å². The summed E-state index contributed by atoms with van der Waals surface area (Å²) in [5.41, 5.74) is 6.18. The number of carbonyl (C=O) groups is 1. The molecule has 0 unspecified atom stereocenters. The second kappa shape index (κ2) is 9.06. The molecule has 0 radical (unpaired) electrons. The Kier molecular flexibility index (Phi) is 6.28. The van der Waals surface area contributed by atoms with Gasteiger partial charge in [-0.3, -0.25) is 4.79 Å². The number of fused-ring (bicyclic) bond motifs is 1. The van der Waals surface area contributed by atoms with Crippen molar-refractivity contribution in [3.05, 3.63) is 41.7 Å². The van der Waals surface area contributed by atoms with Gasteiger partial charge in [0.1, 0.15) is 10.8 Å². The minimum Gasteiger partial charge on any atom is -0.493 e. The number of ether oxygens (including phenoxy) is 2. The summed E-state index contributed by atoms with van der Waals surface area (Å²) in [6.07, 6.45) is -3.38. The number of halogens is 3. The van der Waals surface area contributed by atoms with Gasteiger partial charge in [0.2, 0.25) is 4.96 Å². The van der Waals surface area contributed by atoms with E-state index in [4.69, 9.17) is 15.2 Å². The monoisotopic (exact) mass is 506 g/mol. The molecule has 0 bridgehead atoms. The number of methoxy groups -OCH3 is 1. The van der Waals surface area contributed by atoms with Gasteiger partial charge in [-0.25, -0.2) is 14.5 Å². The quantitative estimate of drug-likeness (QED) is 0.423. The SMILES string of the molecule is COc1cc(-c2nn3c(-c4cnc(N)c(C(F)(F)F)c4)c(C)nc3s2)ccc1OCC(=O)N(C)C. The van der Waals surface area contributed by atoms with Crippen LogP contribution in [0.2, 0.25) is 0 Å². The first-order valence-electron chi connectivity index (χ1n) is 10.2. The van der Waals surface area contributed by atoms with Crippen LogP contribution in [0.15, 0.2) is 30.5 Å². The molecule has 3 aromatic heterocycles. The summed E-state index contributed by atoms with van der Waals surface area (Å²) in [4.78, 5) is 21.9. The Hall–Kier alpha value is -3.87. The van der Waals surface area contributed by atoms with Crippen molar-refractivity contribution < 1.29 is 27.4 Å². The minimum absolute atomic E-state index is 0.147. The van der Waals surface area contributed by atoms with E-state index in [1.54, 1.807) is 39.2 Å². The van der Waals surface area contributed by atoms with Crippen molar-refractivity contribution in [3.8, 4) is 33.3 Å². The molecule has 0 saturated carbocycles. The summed E-state index contributed by atoms with van der Waals surface area (Å²) < 4.78 is 52.5. The maximum Gasteiger partial charge on any atom is 0.419 e. The van der Waals surface area contributed by atoms with Gasteiger partial charge in [0.25, 0.3) is 5.91 Å². The zero-order chi connectivity index (χ0) is 25.5. The molecule has 3 heterocycles. The zero-order valence-corrected chi connectivity index (χ0v) is 20.0. The fourth-order valence-corrected chi connectivity index (χ4v) is 4.26. The van der Waals surface area contributed by atoms with E-state index in [0.717, 1.165) is 6.07 Å². The van der Waals surface area contributed by atoms with Gasteiger partial charge < -0.3 is 20.1 Å². The van der Waals surface area contributed by atoms with Gasteiger partial charge in [-0.05, 0) is 31.2 Å². The highest BCUT2D eigenvalue weighted by Crippen LogP contribution is 2.38. The molecule has 9 nitrogen and oxygen atoms in total. The van der Waals surface area contributed by atoms with Crippen LogP contribution in [0.3, 0.4) is 0 Å². The third-order valence-electron chi connectivity index (χ3n) is 5.14. The smallest absolute Gasteiger partial charge is 0.419 e. The van der Waals surface area contributed by atoms with Gasteiger partial charge in [-0.1, -0.05) is 11.3 Å². The van der Waals surface area contributed by atoms with E-state index in [-0.39, 0.29) is 18.1 Å². The lowest BCUT2D eigenvalue weighted by atomic mass is 10.1. The molecule has 1 aromatic carbocycles. The fraction of sp³-hybridized carbons (Fsp3) is 0.273. The number of rotatable bonds is 6. The van der Waals surface area contributed by atoms with Crippen LogP contribution in [0.25, 0.3) is 26.8 Å². The predicted molar refractivity (Wildman–Crippen MR) is 124 cm³/mol. The lowest BCUT2D eigenvalue weighted by Gasteiger charge is -2.14. The number of benzene rings is 1. The molecule has 0 aliphatic heterocycles. The Balaban J connectivity index is 1.71. The number of nitrogen functional groups attached to an aromatic ring is 1. The summed E-state index contributed by atoms with van der Waals surface area (Å²) in [6.45, 7) is 1.54. The Bertz CT molecular complexity index is 1410. The molecule has 1 amide bonds. The standard InChI is InChI=1S/C22H21F3N6O3S/c1-11-18(13-7-14(22(23,24)25)19(26)27-9-13)31-21(28-11)35-20(29-31)12-5-6-15(16(8-12)33-4)34-10-17(32)30(2)3/h5-9H,10H2,1-4H3,(H2,26,27). The van der Waals surface area contributed by atoms with Crippen molar-refractivity contribution in [2.75, 3.05) is 33.5 Å². The van der Waals surface area contributed by atoms with Gasteiger partial charge in [0, 0.05) is 31.4 Å². The molecule has 184 valence electrons. The molecule has 0 spiro atoms. The maximum absolute atomic E-state index is 13.4. The number of likely N-dealkylation sites (N-methyl/N-ethyl adjacent to an activating group) is 1. The van der Waals surface area contributed by atoms with Gasteiger partial charge in [-0.2, -0.15) is 18.3 Å². The van der Waals surface area contributed by atoms with E-state index >= 15 is 0 Å². The fourth-order valence-electron chi connectivity index (χ4n) is 3.32. The van der Waals surface area contributed by atoms with Crippen molar-refractivity contribution in [2.24, 2.45) is 0 Å². The van der Waals surface area contributed by atoms with E-state index in [1.807, 2.05) is 0 Å². The van der Waals surface area contributed by atoms with Crippen LogP contribution < -0.4 is 15.2 Å². The first kappa shape index (κ1) is 24.3. The van der Waals surface area contributed by atoms with Crippen molar-refractivity contribution in [3.63, 3.8) is 0 Å². The zero-order valence-electron chi connectivity index (χ0n) is 19.2. The molecule has 4 rings (SSSR count). The molecule has 0 atom stereocenters. The third-order valence-corrected chi connectivity index (χ3v) is 6.09. The minimum atomic E-state index is -4.64. The van der Waals surface area contributed by atoms with Gasteiger partial charge in [0.05, 0.1) is 24.1 Å². The Morgan fingerprint density at radius 2 is 1.94 bits per heavy atom. The number of hydrogen-bond donors (Lipinski definition) is 1. The lowest BCUT2D eigenvalue weighted by Crippen LogP contribution is -2.27. The Morgan fingerprint density at radius 3 is 2.60 bits per heavy atom. The van der Waals surface area contributed by atoms with E-state index in [9.17, 15) is 18.0 Å². The number of amides is 1.